The lowest BCUT2D eigenvalue weighted by molar-refractivity contribution is -0.118. The van der Waals surface area contributed by atoms with Gasteiger partial charge in [-0.1, -0.05) is 20.3 Å². The third-order valence-corrected chi connectivity index (χ3v) is 3.05. The van der Waals surface area contributed by atoms with E-state index in [1.54, 1.807) is 6.92 Å². The summed E-state index contributed by atoms with van der Waals surface area (Å²) in [6.45, 7) is 3.73. The van der Waals surface area contributed by atoms with Crippen molar-refractivity contribution in [3.8, 4) is 0 Å². The molecule has 4 unspecified atom stereocenters. The molecule has 0 aromatic carbocycles. The second kappa shape index (κ2) is 3.73. The first kappa shape index (κ1) is 9.96. The molecule has 3 heteroatoms. The minimum absolute atomic E-state index is 0.0474. The summed E-state index contributed by atoms with van der Waals surface area (Å²) < 4.78 is 0. The molecule has 0 aromatic rings. The maximum Gasteiger partial charge on any atom is 0.0851 e. The number of hydrogen-bond acceptors (Lipinski definition) is 3. The average Bonchev–Trinajstić information content (AvgIpc) is 2.08. The molecule has 1 aliphatic rings. The van der Waals surface area contributed by atoms with Crippen molar-refractivity contribution in [3.05, 3.63) is 0 Å². The zero-order chi connectivity index (χ0) is 9.30. The lowest BCUT2D eigenvalue weighted by atomic mass is 9.75. The molecular weight excluding hydrogens is 156 g/mol. The zero-order valence-electron chi connectivity index (χ0n) is 7.64. The van der Waals surface area contributed by atoms with Gasteiger partial charge in [-0.15, -0.1) is 0 Å². The van der Waals surface area contributed by atoms with Crippen LogP contribution in [-0.2, 0) is 0 Å². The molecule has 0 amide bonds. The summed E-state index contributed by atoms with van der Waals surface area (Å²) in [7, 11) is 0. The van der Waals surface area contributed by atoms with Crippen LogP contribution in [0.5, 0.6) is 0 Å². The number of aliphatic hydroxyl groups is 3. The quantitative estimate of drug-likeness (QED) is 0.529. The van der Waals surface area contributed by atoms with Gasteiger partial charge in [0.1, 0.15) is 0 Å². The molecule has 3 N–H and O–H groups in total. The van der Waals surface area contributed by atoms with Crippen molar-refractivity contribution in [2.75, 3.05) is 0 Å². The van der Waals surface area contributed by atoms with Gasteiger partial charge in [0, 0.05) is 5.92 Å². The Morgan fingerprint density at radius 2 is 1.75 bits per heavy atom. The van der Waals surface area contributed by atoms with Crippen LogP contribution < -0.4 is 0 Å². The van der Waals surface area contributed by atoms with Gasteiger partial charge in [0.15, 0.2) is 0 Å². The molecule has 1 fully saturated rings. The number of hydrogen-bond donors (Lipinski definition) is 3. The first-order valence-electron chi connectivity index (χ1n) is 4.62. The monoisotopic (exact) mass is 174 g/mol. The summed E-state index contributed by atoms with van der Waals surface area (Å²) in [5.41, 5.74) is 0. The molecule has 1 aliphatic carbocycles. The van der Waals surface area contributed by atoms with Gasteiger partial charge < -0.3 is 15.3 Å². The minimum atomic E-state index is -0.765. The van der Waals surface area contributed by atoms with Gasteiger partial charge >= 0.3 is 0 Å². The standard InChI is InChI=1S/C9H18O3/c1-3-6-4-7(10)5(2)8(11)9(6)12/h5-12H,3-4H2,1-2H3/t5?,6?,7?,8?,9-/m1/s1. The van der Waals surface area contributed by atoms with Crippen molar-refractivity contribution in [3.63, 3.8) is 0 Å². The van der Waals surface area contributed by atoms with E-state index in [-0.39, 0.29) is 11.8 Å². The average molecular weight is 174 g/mol. The fourth-order valence-corrected chi connectivity index (χ4v) is 1.89. The van der Waals surface area contributed by atoms with Crippen molar-refractivity contribution in [1.82, 2.24) is 0 Å². The van der Waals surface area contributed by atoms with Crippen molar-refractivity contribution in [1.29, 1.82) is 0 Å². The fourth-order valence-electron chi connectivity index (χ4n) is 1.89. The van der Waals surface area contributed by atoms with Crippen LogP contribution in [0.4, 0.5) is 0 Å². The second-order valence-corrected chi connectivity index (χ2v) is 3.81. The summed E-state index contributed by atoms with van der Waals surface area (Å²) in [6, 6.07) is 0. The molecule has 0 heterocycles. The highest BCUT2D eigenvalue weighted by molar-refractivity contribution is 4.89. The van der Waals surface area contributed by atoms with Crippen LogP contribution in [-0.4, -0.2) is 33.6 Å². The van der Waals surface area contributed by atoms with E-state index in [4.69, 9.17) is 0 Å². The van der Waals surface area contributed by atoms with Crippen molar-refractivity contribution >= 4 is 0 Å². The van der Waals surface area contributed by atoms with Gasteiger partial charge in [-0.05, 0) is 12.3 Å². The third kappa shape index (κ3) is 1.63. The van der Waals surface area contributed by atoms with Crippen LogP contribution in [0.2, 0.25) is 0 Å². The molecule has 3 nitrogen and oxygen atoms in total. The SMILES string of the molecule is CCC1CC(O)C(C)C(O)[C@@H]1O. The summed E-state index contributed by atoms with van der Waals surface area (Å²) in [5, 5.41) is 28.6. The Balaban J connectivity index is 2.63. The first-order valence-corrected chi connectivity index (χ1v) is 4.62. The maximum atomic E-state index is 9.56. The lowest BCUT2D eigenvalue weighted by Crippen LogP contribution is -2.48. The molecule has 1 rings (SSSR count). The summed E-state index contributed by atoms with van der Waals surface area (Å²) in [4.78, 5) is 0. The number of rotatable bonds is 1. The first-order chi connectivity index (χ1) is 5.57. The molecule has 1 saturated carbocycles. The van der Waals surface area contributed by atoms with Crippen LogP contribution in [0, 0.1) is 11.8 Å². The van der Waals surface area contributed by atoms with E-state index in [0.717, 1.165) is 6.42 Å². The molecule has 72 valence electrons. The predicted octanol–water partition coefficient (Wildman–Crippen LogP) is 0.135. The van der Waals surface area contributed by atoms with Crippen LogP contribution in [0.15, 0.2) is 0 Å². The molecular formula is C9H18O3. The van der Waals surface area contributed by atoms with Crippen molar-refractivity contribution < 1.29 is 15.3 Å². The second-order valence-electron chi connectivity index (χ2n) is 3.81. The van der Waals surface area contributed by atoms with Gasteiger partial charge in [-0.25, -0.2) is 0 Å². The normalized spacial score (nSPS) is 49.2. The summed E-state index contributed by atoms with van der Waals surface area (Å²) in [5.74, 6) is -0.158. The number of aliphatic hydroxyl groups excluding tert-OH is 3. The molecule has 12 heavy (non-hydrogen) atoms. The Morgan fingerprint density at radius 3 is 2.25 bits per heavy atom. The zero-order valence-corrected chi connectivity index (χ0v) is 7.64. The Kier molecular flexibility index (Phi) is 3.09. The van der Waals surface area contributed by atoms with Gasteiger partial charge in [0.25, 0.3) is 0 Å². The maximum absolute atomic E-state index is 9.56. The van der Waals surface area contributed by atoms with E-state index in [0.29, 0.717) is 6.42 Å². The molecule has 0 aliphatic heterocycles. The van der Waals surface area contributed by atoms with Crippen molar-refractivity contribution in [2.45, 2.75) is 45.0 Å². The van der Waals surface area contributed by atoms with Gasteiger partial charge in [0.2, 0.25) is 0 Å². The van der Waals surface area contributed by atoms with Crippen molar-refractivity contribution in [2.24, 2.45) is 11.8 Å². The van der Waals surface area contributed by atoms with E-state index >= 15 is 0 Å². The van der Waals surface area contributed by atoms with E-state index in [2.05, 4.69) is 0 Å². The van der Waals surface area contributed by atoms with E-state index < -0.39 is 18.3 Å². The van der Waals surface area contributed by atoms with Crippen LogP contribution in [0.25, 0.3) is 0 Å². The highest BCUT2D eigenvalue weighted by Gasteiger charge is 2.39. The molecule has 0 radical (unpaired) electrons. The highest BCUT2D eigenvalue weighted by atomic mass is 16.3. The van der Waals surface area contributed by atoms with Crippen LogP contribution >= 0.6 is 0 Å². The Morgan fingerprint density at radius 1 is 1.17 bits per heavy atom. The molecule has 0 aromatic heterocycles. The van der Waals surface area contributed by atoms with Gasteiger partial charge in [-0.2, -0.15) is 0 Å². The Bertz CT molecular complexity index is 144. The molecule has 0 saturated heterocycles. The lowest BCUT2D eigenvalue weighted by Gasteiger charge is -2.38. The topological polar surface area (TPSA) is 60.7 Å². The fraction of sp³-hybridized carbons (Fsp3) is 1.00. The van der Waals surface area contributed by atoms with Crippen LogP contribution in [0.3, 0.4) is 0 Å². The molecule has 0 spiro atoms. The van der Waals surface area contributed by atoms with E-state index in [1.165, 1.54) is 0 Å². The third-order valence-electron chi connectivity index (χ3n) is 3.05. The van der Waals surface area contributed by atoms with Gasteiger partial charge in [-0.3, -0.25) is 0 Å². The Hall–Kier alpha value is -0.120. The summed E-state index contributed by atoms with van der Waals surface area (Å²) in [6.07, 6.45) is -0.474. The highest BCUT2D eigenvalue weighted by Crippen LogP contribution is 2.31. The molecule has 5 atom stereocenters. The largest absolute Gasteiger partial charge is 0.393 e. The summed E-state index contributed by atoms with van der Waals surface area (Å²) >= 11 is 0. The molecule has 0 bridgehead atoms. The Labute approximate surface area is 73.0 Å². The van der Waals surface area contributed by atoms with E-state index in [1.807, 2.05) is 6.92 Å². The predicted molar refractivity (Wildman–Crippen MR) is 45.6 cm³/mol. The smallest absolute Gasteiger partial charge is 0.0851 e. The van der Waals surface area contributed by atoms with Gasteiger partial charge in [0.05, 0.1) is 18.3 Å². The minimum Gasteiger partial charge on any atom is -0.393 e. The van der Waals surface area contributed by atoms with E-state index in [9.17, 15) is 15.3 Å². The van der Waals surface area contributed by atoms with Crippen LogP contribution in [0.1, 0.15) is 26.7 Å².